The Balaban J connectivity index is 1.91. The predicted octanol–water partition coefficient (Wildman–Crippen LogP) is 2.79. The van der Waals surface area contributed by atoms with Crippen molar-refractivity contribution in [2.24, 2.45) is 0 Å². The zero-order valence-corrected chi connectivity index (χ0v) is 14.4. The SMILES string of the molecule is CCNS(=O)(=O)c1cccc(C(=O)Nc2cccc3ncccc23)c1. The van der Waals surface area contributed by atoms with Crippen molar-refractivity contribution in [1.29, 1.82) is 0 Å². The van der Waals surface area contributed by atoms with E-state index in [0.717, 1.165) is 10.9 Å². The lowest BCUT2D eigenvalue weighted by Gasteiger charge is -2.10. The summed E-state index contributed by atoms with van der Waals surface area (Å²) in [6, 6.07) is 15.0. The highest BCUT2D eigenvalue weighted by atomic mass is 32.2. The van der Waals surface area contributed by atoms with Crippen LogP contribution in [-0.2, 0) is 10.0 Å². The number of hydrogen-bond acceptors (Lipinski definition) is 4. The smallest absolute Gasteiger partial charge is 0.255 e. The third-order valence-corrected chi connectivity index (χ3v) is 5.18. The number of nitrogens with zero attached hydrogens (tertiary/aromatic N) is 1. The van der Waals surface area contributed by atoms with Gasteiger partial charge < -0.3 is 5.32 Å². The van der Waals surface area contributed by atoms with Gasteiger partial charge in [-0.1, -0.05) is 19.1 Å². The number of fused-ring (bicyclic) bond motifs is 1. The molecular formula is C18H17N3O3S. The molecule has 0 saturated heterocycles. The Morgan fingerprint density at radius 1 is 1.08 bits per heavy atom. The first-order valence-electron chi connectivity index (χ1n) is 7.76. The molecule has 3 rings (SSSR count). The first-order valence-corrected chi connectivity index (χ1v) is 9.24. The monoisotopic (exact) mass is 355 g/mol. The summed E-state index contributed by atoms with van der Waals surface area (Å²) in [5, 5.41) is 3.63. The summed E-state index contributed by atoms with van der Waals surface area (Å²) in [7, 11) is -3.61. The molecule has 0 spiro atoms. The molecule has 25 heavy (non-hydrogen) atoms. The van der Waals surface area contributed by atoms with Crippen LogP contribution in [0.1, 0.15) is 17.3 Å². The summed E-state index contributed by atoms with van der Waals surface area (Å²) in [6.45, 7) is 1.98. The molecule has 1 aromatic heterocycles. The van der Waals surface area contributed by atoms with E-state index in [0.29, 0.717) is 5.69 Å². The number of amides is 1. The van der Waals surface area contributed by atoms with Crippen LogP contribution in [0.4, 0.5) is 5.69 Å². The minimum absolute atomic E-state index is 0.0570. The Labute approximate surface area is 146 Å². The molecule has 1 amide bonds. The van der Waals surface area contributed by atoms with Gasteiger partial charge in [-0.15, -0.1) is 0 Å². The highest BCUT2D eigenvalue weighted by Gasteiger charge is 2.15. The van der Waals surface area contributed by atoms with Crippen LogP contribution in [0.5, 0.6) is 0 Å². The standard InChI is InChI=1S/C18H17N3O3S/c1-2-20-25(23,24)14-7-3-6-13(12-14)18(22)21-17-10-4-9-16-15(17)8-5-11-19-16/h3-12,20H,2H2,1H3,(H,21,22). The van der Waals surface area contributed by atoms with Crippen LogP contribution in [0.15, 0.2) is 65.7 Å². The number of sulfonamides is 1. The van der Waals surface area contributed by atoms with Gasteiger partial charge in [-0.2, -0.15) is 0 Å². The molecule has 1 heterocycles. The van der Waals surface area contributed by atoms with E-state index in [1.807, 2.05) is 12.1 Å². The van der Waals surface area contributed by atoms with Gasteiger partial charge in [-0.05, 0) is 42.5 Å². The van der Waals surface area contributed by atoms with Gasteiger partial charge in [0, 0.05) is 23.7 Å². The third-order valence-electron chi connectivity index (χ3n) is 3.63. The Morgan fingerprint density at radius 3 is 2.68 bits per heavy atom. The van der Waals surface area contributed by atoms with Crippen molar-refractivity contribution in [3.8, 4) is 0 Å². The molecule has 0 radical (unpaired) electrons. The Kier molecular flexibility index (Phi) is 4.78. The van der Waals surface area contributed by atoms with Crippen molar-refractivity contribution in [2.45, 2.75) is 11.8 Å². The molecule has 0 bridgehead atoms. The first kappa shape index (κ1) is 17.1. The largest absolute Gasteiger partial charge is 0.321 e. The molecule has 0 aliphatic carbocycles. The van der Waals surface area contributed by atoms with Crippen molar-refractivity contribution in [3.63, 3.8) is 0 Å². The van der Waals surface area contributed by atoms with Crippen LogP contribution in [0, 0.1) is 0 Å². The van der Waals surface area contributed by atoms with E-state index in [1.54, 1.807) is 43.5 Å². The van der Waals surface area contributed by atoms with Gasteiger partial charge in [-0.3, -0.25) is 9.78 Å². The average molecular weight is 355 g/mol. The third kappa shape index (κ3) is 3.67. The molecule has 0 fully saturated rings. The molecule has 0 unspecified atom stereocenters. The molecule has 2 aromatic carbocycles. The number of carbonyl (C=O) groups excluding carboxylic acids is 1. The van der Waals surface area contributed by atoms with Crippen LogP contribution in [0.25, 0.3) is 10.9 Å². The molecule has 6 nitrogen and oxygen atoms in total. The number of aromatic nitrogens is 1. The van der Waals surface area contributed by atoms with E-state index in [9.17, 15) is 13.2 Å². The van der Waals surface area contributed by atoms with Gasteiger partial charge in [0.1, 0.15) is 0 Å². The Morgan fingerprint density at radius 2 is 1.88 bits per heavy atom. The second-order valence-corrected chi connectivity index (χ2v) is 7.13. The van der Waals surface area contributed by atoms with Crippen LogP contribution in [0.2, 0.25) is 0 Å². The second kappa shape index (κ2) is 7.00. The van der Waals surface area contributed by atoms with E-state index in [1.165, 1.54) is 12.1 Å². The van der Waals surface area contributed by atoms with E-state index in [2.05, 4.69) is 15.0 Å². The van der Waals surface area contributed by atoms with E-state index in [-0.39, 0.29) is 22.9 Å². The highest BCUT2D eigenvalue weighted by Crippen LogP contribution is 2.22. The lowest BCUT2D eigenvalue weighted by atomic mass is 10.1. The van der Waals surface area contributed by atoms with Crippen LogP contribution in [-0.4, -0.2) is 25.9 Å². The molecule has 3 aromatic rings. The zero-order chi connectivity index (χ0) is 17.9. The molecular weight excluding hydrogens is 338 g/mol. The zero-order valence-electron chi connectivity index (χ0n) is 13.6. The molecule has 2 N–H and O–H groups in total. The Hall–Kier alpha value is -2.77. The van der Waals surface area contributed by atoms with Crippen LogP contribution >= 0.6 is 0 Å². The minimum atomic E-state index is -3.61. The fraction of sp³-hybridized carbons (Fsp3) is 0.111. The number of rotatable bonds is 5. The van der Waals surface area contributed by atoms with E-state index in [4.69, 9.17) is 0 Å². The van der Waals surface area contributed by atoms with Crippen LogP contribution < -0.4 is 10.0 Å². The van der Waals surface area contributed by atoms with Crippen molar-refractivity contribution in [2.75, 3.05) is 11.9 Å². The molecule has 0 aliphatic heterocycles. The topological polar surface area (TPSA) is 88.2 Å². The number of hydrogen-bond donors (Lipinski definition) is 2. The maximum absolute atomic E-state index is 12.5. The predicted molar refractivity (Wildman–Crippen MR) is 97.0 cm³/mol. The van der Waals surface area contributed by atoms with Crippen molar-refractivity contribution >= 4 is 32.5 Å². The van der Waals surface area contributed by atoms with Gasteiger partial charge in [0.15, 0.2) is 0 Å². The van der Waals surface area contributed by atoms with Crippen molar-refractivity contribution < 1.29 is 13.2 Å². The minimum Gasteiger partial charge on any atom is -0.321 e. The summed E-state index contributed by atoms with van der Waals surface area (Å²) in [5.41, 5.74) is 1.65. The van der Waals surface area contributed by atoms with E-state index >= 15 is 0 Å². The number of nitrogens with one attached hydrogen (secondary N) is 2. The fourth-order valence-corrected chi connectivity index (χ4v) is 3.57. The average Bonchev–Trinajstić information content (AvgIpc) is 2.62. The molecule has 0 atom stereocenters. The van der Waals surface area contributed by atoms with Gasteiger partial charge in [0.2, 0.25) is 10.0 Å². The quantitative estimate of drug-likeness (QED) is 0.737. The summed E-state index contributed by atoms with van der Waals surface area (Å²) in [5.74, 6) is -0.384. The van der Waals surface area contributed by atoms with Gasteiger partial charge in [-0.25, -0.2) is 13.1 Å². The first-order chi connectivity index (χ1) is 12.0. The molecule has 0 saturated carbocycles. The number of carbonyl (C=O) groups is 1. The number of benzene rings is 2. The van der Waals surface area contributed by atoms with E-state index < -0.39 is 10.0 Å². The lowest BCUT2D eigenvalue weighted by Crippen LogP contribution is -2.23. The molecule has 7 heteroatoms. The lowest BCUT2D eigenvalue weighted by molar-refractivity contribution is 0.102. The summed E-state index contributed by atoms with van der Waals surface area (Å²) < 4.78 is 26.6. The fourth-order valence-electron chi connectivity index (χ4n) is 2.48. The van der Waals surface area contributed by atoms with Gasteiger partial charge >= 0.3 is 0 Å². The van der Waals surface area contributed by atoms with Gasteiger partial charge in [0.25, 0.3) is 5.91 Å². The van der Waals surface area contributed by atoms with Gasteiger partial charge in [0.05, 0.1) is 16.1 Å². The maximum atomic E-state index is 12.5. The second-order valence-electron chi connectivity index (χ2n) is 5.36. The Bertz CT molecular complexity index is 1030. The highest BCUT2D eigenvalue weighted by molar-refractivity contribution is 7.89. The molecule has 0 aliphatic rings. The summed E-state index contributed by atoms with van der Waals surface area (Å²) in [4.78, 5) is 16.9. The van der Waals surface area contributed by atoms with Crippen molar-refractivity contribution in [3.05, 3.63) is 66.4 Å². The van der Waals surface area contributed by atoms with Crippen molar-refractivity contribution in [1.82, 2.24) is 9.71 Å². The molecule has 128 valence electrons. The normalized spacial score (nSPS) is 11.4. The number of pyridine rings is 1. The summed E-state index contributed by atoms with van der Waals surface area (Å²) >= 11 is 0. The number of anilines is 1. The maximum Gasteiger partial charge on any atom is 0.255 e. The van der Waals surface area contributed by atoms with Crippen LogP contribution in [0.3, 0.4) is 0 Å². The summed E-state index contributed by atoms with van der Waals surface area (Å²) in [6.07, 6.45) is 1.68.